The maximum atomic E-state index is 12.6. The second-order valence-electron chi connectivity index (χ2n) is 6.51. The van der Waals surface area contributed by atoms with Crippen molar-refractivity contribution in [3.63, 3.8) is 0 Å². The first-order valence-corrected chi connectivity index (χ1v) is 8.60. The van der Waals surface area contributed by atoms with Crippen LogP contribution in [0.3, 0.4) is 0 Å². The van der Waals surface area contributed by atoms with E-state index in [1.165, 1.54) is 6.33 Å². The van der Waals surface area contributed by atoms with Crippen LogP contribution in [0.5, 0.6) is 11.6 Å². The highest BCUT2D eigenvalue weighted by Gasteiger charge is 2.24. The van der Waals surface area contributed by atoms with E-state index in [4.69, 9.17) is 4.74 Å². The van der Waals surface area contributed by atoms with Gasteiger partial charge >= 0.3 is 0 Å². The number of anilines is 1. The summed E-state index contributed by atoms with van der Waals surface area (Å²) in [5.41, 5.74) is 3.31. The number of nitrogens with zero attached hydrogens (tertiary/aromatic N) is 3. The predicted octanol–water partition coefficient (Wildman–Crippen LogP) is 3.37. The molecule has 0 radical (unpaired) electrons. The Morgan fingerprint density at radius 2 is 2.12 bits per heavy atom. The second kappa shape index (κ2) is 6.95. The van der Waals surface area contributed by atoms with Crippen molar-refractivity contribution in [2.24, 2.45) is 5.92 Å². The molecule has 0 saturated carbocycles. The van der Waals surface area contributed by atoms with E-state index >= 15 is 0 Å². The summed E-state index contributed by atoms with van der Waals surface area (Å²) in [7, 11) is 0. The van der Waals surface area contributed by atoms with Crippen molar-refractivity contribution in [2.75, 3.05) is 5.32 Å². The summed E-state index contributed by atoms with van der Waals surface area (Å²) in [5.74, 6) is 1.48. The van der Waals surface area contributed by atoms with Crippen LogP contribution in [0.25, 0.3) is 0 Å². The van der Waals surface area contributed by atoms with Crippen molar-refractivity contribution in [3.05, 3.63) is 59.8 Å². The molecule has 7 nitrogen and oxygen atoms in total. The highest BCUT2D eigenvalue weighted by atomic mass is 16.5. The third-order valence-electron chi connectivity index (χ3n) is 4.50. The zero-order chi connectivity index (χ0) is 17.9. The van der Waals surface area contributed by atoms with E-state index in [9.17, 15) is 4.79 Å². The van der Waals surface area contributed by atoms with E-state index in [0.29, 0.717) is 28.9 Å². The number of carbonyl (C=O) groups excluding carboxylic acids is 1. The number of hydrogen-bond donors (Lipinski definition) is 2. The molecule has 26 heavy (non-hydrogen) atoms. The molecule has 2 heterocycles. The molecule has 1 aromatic carbocycles. The number of hydrogen-bond acceptors (Lipinski definition) is 5. The average Bonchev–Trinajstić information content (AvgIpc) is 3.07. The van der Waals surface area contributed by atoms with Crippen molar-refractivity contribution >= 4 is 11.6 Å². The maximum Gasteiger partial charge on any atom is 0.276 e. The minimum absolute atomic E-state index is 0.193. The highest BCUT2D eigenvalue weighted by Crippen LogP contribution is 2.27. The van der Waals surface area contributed by atoms with Crippen LogP contribution >= 0.6 is 0 Å². The summed E-state index contributed by atoms with van der Waals surface area (Å²) in [6.45, 7) is 2.20. The first kappa shape index (κ1) is 16.3. The molecule has 3 aromatic rings. The Morgan fingerprint density at radius 3 is 2.88 bits per heavy atom. The van der Waals surface area contributed by atoms with E-state index in [-0.39, 0.29) is 5.91 Å². The fourth-order valence-electron chi connectivity index (χ4n) is 3.11. The third kappa shape index (κ3) is 3.42. The largest absolute Gasteiger partial charge is 0.439 e. The van der Waals surface area contributed by atoms with Gasteiger partial charge in [0.1, 0.15) is 12.1 Å². The number of ether oxygens (including phenoxy) is 1. The van der Waals surface area contributed by atoms with E-state index in [1.807, 2.05) is 0 Å². The quantitative estimate of drug-likeness (QED) is 0.753. The zero-order valence-corrected chi connectivity index (χ0v) is 14.4. The van der Waals surface area contributed by atoms with Crippen LogP contribution in [0, 0.1) is 5.92 Å². The Labute approximate surface area is 150 Å². The fraction of sp³-hybridized carbons (Fsp3) is 0.263. The summed E-state index contributed by atoms with van der Waals surface area (Å²) in [6, 6.07) is 8.81. The maximum absolute atomic E-state index is 12.6. The Hall–Kier alpha value is -3.22. The van der Waals surface area contributed by atoms with E-state index in [1.54, 1.807) is 36.5 Å². The van der Waals surface area contributed by atoms with Gasteiger partial charge in [0.25, 0.3) is 5.91 Å². The number of benzene rings is 1. The average molecular weight is 349 g/mol. The summed E-state index contributed by atoms with van der Waals surface area (Å²) in [6.07, 6.45) is 6.01. The summed E-state index contributed by atoms with van der Waals surface area (Å²) in [4.78, 5) is 20.4. The van der Waals surface area contributed by atoms with Gasteiger partial charge in [-0.25, -0.2) is 9.97 Å². The van der Waals surface area contributed by atoms with Gasteiger partial charge in [-0.15, -0.1) is 0 Å². The minimum atomic E-state index is -0.193. The van der Waals surface area contributed by atoms with Crippen molar-refractivity contribution in [1.82, 2.24) is 20.2 Å². The molecule has 0 spiro atoms. The Bertz CT molecular complexity index is 905. The van der Waals surface area contributed by atoms with Crippen LogP contribution in [0.15, 0.2) is 42.9 Å². The molecule has 1 aliphatic carbocycles. The van der Waals surface area contributed by atoms with Gasteiger partial charge < -0.3 is 10.1 Å². The van der Waals surface area contributed by atoms with Gasteiger partial charge in [0.05, 0.1) is 0 Å². The van der Waals surface area contributed by atoms with Gasteiger partial charge in [0, 0.05) is 29.2 Å². The lowest BCUT2D eigenvalue weighted by molar-refractivity contribution is 0.102. The summed E-state index contributed by atoms with van der Waals surface area (Å²) >= 11 is 0. The van der Waals surface area contributed by atoms with Crippen LogP contribution in [-0.2, 0) is 12.8 Å². The normalized spacial score (nSPS) is 16.0. The van der Waals surface area contributed by atoms with E-state index in [0.717, 1.165) is 30.5 Å². The number of aromatic nitrogens is 4. The van der Waals surface area contributed by atoms with Crippen LogP contribution in [-0.4, -0.2) is 26.1 Å². The Kier molecular flexibility index (Phi) is 4.35. The second-order valence-corrected chi connectivity index (χ2v) is 6.51. The summed E-state index contributed by atoms with van der Waals surface area (Å²) in [5, 5.41) is 10.1. The third-order valence-corrected chi connectivity index (χ3v) is 4.50. The standard InChI is InChI=1S/C19H19N5O2/c1-12-2-7-16-15(10-12)18(24-23-16)19(25)22-13-3-5-14(6-4-13)26-17-8-9-20-11-21-17/h3-6,8-9,11-12H,2,7,10H2,1H3,(H,22,25)(H,23,24). The number of nitrogens with one attached hydrogen (secondary N) is 2. The highest BCUT2D eigenvalue weighted by molar-refractivity contribution is 6.04. The molecule has 4 rings (SSSR count). The number of amides is 1. The van der Waals surface area contributed by atoms with Gasteiger partial charge in [-0.2, -0.15) is 5.10 Å². The molecule has 1 amide bonds. The molecule has 0 saturated heterocycles. The number of rotatable bonds is 4. The number of aryl methyl sites for hydroxylation is 1. The van der Waals surface area contributed by atoms with Crippen molar-refractivity contribution in [3.8, 4) is 11.6 Å². The van der Waals surface area contributed by atoms with Crippen molar-refractivity contribution in [2.45, 2.75) is 26.2 Å². The molecule has 1 aliphatic rings. The molecule has 0 aliphatic heterocycles. The van der Waals surface area contributed by atoms with Crippen LogP contribution in [0.2, 0.25) is 0 Å². The van der Waals surface area contributed by atoms with Gasteiger partial charge in [0.15, 0.2) is 5.69 Å². The first-order chi connectivity index (χ1) is 12.7. The van der Waals surface area contributed by atoms with Crippen LogP contribution < -0.4 is 10.1 Å². The van der Waals surface area contributed by atoms with E-state index < -0.39 is 0 Å². The number of aromatic amines is 1. The van der Waals surface area contributed by atoms with Crippen LogP contribution in [0.4, 0.5) is 5.69 Å². The Balaban J connectivity index is 1.44. The molecular formula is C19H19N5O2. The first-order valence-electron chi connectivity index (χ1n) is 8.60. The summed E-state index contributed by atoms with van der Waals surface area (Å²) < 4.78 is 5.62. The topological polar surface area (TPSA) is 92.8 Å². The number of carbonyl (C=O) groups is 1. The lowest BCUT2D eigenvalue weighted by Gasteiger charge is -2.18. The monoisotopic (exact) mass is 349 g/mol. The fourth-order valence-corrected chi connectivity index (χ4v) is 3.11. The molecule has 0 fully saturated rings. The molecular weight excluding hydrogens is 330 g/mol. The van der Waals surface area contributed by atoms with Crippen LogP contribution in [0.1, 0.15) is 35.1 Å². The number of fused-ring (bicyclic) bond motifs is 1. The lowest BCUT2D eigenvalue weighted by atomic mass is 9.87. The molecule has 1 atom stereocenters. The van der Waals surface area contributed by atoms with Gasteiger partial charge in [0.2, 0.25) is 5.88 Å². The molecule has 132 valence electrons. The molecule has 2 aromatic heterocycles. The molecule has 0 bridgehead atoms. The minimum Gasteiger partial charge on any atom is -0.439 e. The smallest absolute Gasteiger partial charge is 0.276 e. The molecule has 1 unspecified atom stereocenters. The van der Waals surface area contributed by atoms with Gasteiger partial charge in [-0.1, -0.05) is 6.92 Å². The molecule has 2 N–H and O–H groups in total. The number of H-pyrrole nitrogens is 1. The molecule has 7 heteroatoms. The SMILES string of the molecule is CC1CCc2[nH]nc(C(=O)Nc3ccc(Oc4ccncn4)cc3)c2C1. The van der Waals surface area contributed by atoms with E-state index in [2.05, 4.69) is 32.4 Å². The predicted molar refractivity (Wildman–Crippen MR) is 96.3 cm³/mol. The van der Waals surface area contributed by atoms with Gasteiger partial charge in [-0.05, 0) is 49.4 Å². The lowest BCUT2D eigenvalue weighted by Crippen LogP contribution is -2.17. The van der Waals surface area contributed by atoms with Crippen molar-refractivity contribution < 1.29 is 9.53 Å². The zero-order valence-electron chi connectivity index (χ0n) is 14.4. The van der Waals surface area contributed by atoms with Crippen molar-refractivity contribution in [1.29, 1.82) is 0 Å². The van der Waals surface area contributed by atoms with Gasteiger partial charge in [-0.3, -0.25) is 9.89 Å². The Morgan fingerprint density at radius 1 is 1.27 bits per heavy atom.